The van der Waals surface area contributed by atoms with E-state index in [1.807, 2.05) is 13.0 Å². The number of piperidine rings is 1. The topological polar surface area (TPSA) is 111 Å². The number of carbonyl (C=O) groups is 1. The zero-order valence-electron chi connectivity index (χ0n) is 18.0. The SMILES string of the molecule is CCOc1cccc(C2c3c(nc(N4CC(C)CC(C)C4)[nH]c3=O)NC(=O)C2C#N)c1. The predicted octanol–water partition coefficient (Wildman–Crippen LogP) is 2.87. The number of rotatable bonds is 4. The summed E-state index contributed by atoms with van der Waals surface area (Å²) in [5, 5.41) is 12.4. The van der Waals surface area contributed by atoms with Crippen molar-refractivity contribution in [2.24, 2.45) is 17.8 Å². The van der Waals surface area contributed by atoms with Crippen LogP contribution in [0.1, 0.15) is 44.2 Å². The highest BCUT2D eigenvalue weighted by atomic mass is 16.5. The fraction of sp³-hybridized carbons (Fsp3) is 0.478. The van der Waals surface area contributed by atoms with E-state index >= 15 is 0 Å². The lowest BCUT2D eigenvalue weighted by molar-refractivity contribution is -0.119. The van der Waals surface area contributed by atoms with E-state index in [0.29, 0.717) is 41.3 Å². The van der Waals surface area contributed by atoms with Gasteiger partial charge in [-0.1, -0.05) is 26.0 Å². The van der Waals surface area contributed by atoms with Crippen molar-refractivity contribution in [1.82, 2.24) is 9.97 Å². The molecule has 162 valence electrons. The van der Waals surface area contributed by atoms with Crippen molar-refractivity contribution >= 4 is 17.7 Å². The average Bonchev–Trinajstić information content (AvgIpc) is 2.72. The Hall–Kier alpha value is -3.34. The number of anilines is 2. The van der Waals surface area contributed by atoms with Gasteiger partial charge >= 0.3 is 0 Å². The first-order valence-corrected chi connectivity index (χ1v) is 10.7. The number of aromatic amines is 1. The van der Waals surface area contributed by atoms with Gasteiger partial charge in [-0.2, -0.15) is 10.2 Å². The smallest absolute Gasteiger partial charge is 0.258 e. The lowest BCUT2D eigenvalue weighted by Crippen LogP contribution is -2.42. The van der Waals surface area contributed by atoms with Crippen molar-refractivity contribution in [3.8, 4) is 11.8 Å². The van der Waals surface area contributed by atoms with Gasteiger partial charge < -0.3 is 15.0 Å². The van der Waals surface area contributed by atoms with Crippen LogP contribution in [-0.4, -0.2) is 35.6 Å². The summed E-state index contributed by atoms with van der Waals surface area (Å²) in [6.45, 7) is 8.32. The van der Waals surface area contributed by atoms with Gasteiger partial charge in [0.1, 0.15) is 17.5 Å². The molecule has 8 nitrogen and oxygen atoms in total. The number of hydrogen-bond acceptors (Lipinski definition) is 6. The Morgan fingerprint density at radius 2 is 2.00 bits per heavy atom. The predicted molar refractivity (Wildman–Crippen MR) is 117 cm³/mol. The van der Waals surface area contributed by atoms with E-state index in [9.17, 15) is 14.9 Å². The maximum absolute atomic E-state index is 13.2. The first-order valence-electron chi connectivity index (χ1n) is 10.7. The Bertz CT molecular complexity index is 1080. The molecule has 0 radical (unpaired) electrons. The van der Waals surface area contributed by atoms with Gasteiger partial charge in [0.25, 0.3) is 5.56 Å². The highest BCUT2D eigenvalue weighted by molar-refractivity contribution is 5.98. The van der Waals surface area contributed by atoms with E-state index in [4.69, 9.17) is 4.74 Å². The van der Waals surface area contributed by atoms with Crippen molar-refractivity contribution in [3.05, 3.63) is 45.7 Å². The molecule has 1 aromatic carbocycles. The molecule has 2 aromatic rings. The lowest BCUT2D eigenvalue weighted by Gasteiger charge is -2.36. The van der Waals surface area contributed by atoms with Crippen LogP contribution in [0.15, 0.2) is 29.1 Å². The van der Waals surface area contributed by atoms with Gasteiger partial charge in [0.05, 0.1) is 18.2 Å². The molecule has 1 saturated heterocycles. The van der Waals surface area contributed by atoms with Gasteiger partial charge in [0, 0.05) is 19.0 Å². The summed E-state index contributed by atoms with van der Waals surface area (Å²) in [6, 6.07) is 9.26. The van der Waals surface area contributed by atoms with E-state index in [2.05, 4.69) is 40.1 Å². The van der Waals surface area contributed by atoms with E-state index < -0.39 is 17.7 Å². The zero-order chi connectivity index (χ0) is 22.1. The molecule has 4 unspecified atom stereocenters. The molecular formula is C23H27N5O3. The number of carbonyl (C=O) groups excluding carboxylic acids is 1. The molecule has 0 saturated carbocycles. The summed E-state index contributed by atoms with van der Waals surface area (Å²) in [4.78, 5) is 35.6. The Morgan fingerprint density at radius 1 is 1.26 bits per heavy atom. The summed E-state index contributed by atoms with van der Waals surface area (Å²) in [6.07, 6.45) is 1.13. The zero-order valence-corrected chi connectivity index (χ0v) is 18.0. The molecule has 8 heteroatoms. The van der Waals surface area contributed by atoms with Gasteiger partial charge in [0.2, 0.25) is 11.9 Å². The van der Waals surface area contributed by atoms with Gasteiger partial charge in [-0.3, -0.25) is 14.6 Å². The number of aromatic nitrogens is 2. The number of ether oxygens (including phenoxy) is 1. The van der Waals surface area contributed by atoms with Crippen molar-refractivity contribution in [2.75, 3.05) is 29.9 Å². The summed E-state index contributed by atoms with van der Waals surface area (Å²) in [7, 11) is 0. The normalized spacial score (nSPS) is 25.4. The summed E-state index contributed by atoms with van der Waals surface area (Å²) >= 11 is 0. The number of fused-ring (bicyclic) bond motifs is 1. The van der Waals surface area contributed by atoms with E-state index in [-0.39, 0.29) is 11.4 Å². The quantitative estimate of drug-likeness (QED) is 0.785. The van der Waals surface area contributed by atoms with E-state index in [1.165, 1.54) is 0 Å². The van der Waals surface area contributed by atoms with Crippen LogP contribution in [0, 0.1) is 29.1 Å². The van der Waals surface area contributed by atoms with Crippen LogP contribution in [-0.2, 0) is 4.79 Å². The molecule has 31 heavy (non-hydrogen) atoms. The van der Waals surface area contributed by atoms with Crippen LogP contribution in [0.2, 0.25) is 0 Å². The number of nitrogens with one attached hydrogen (secondary N) is 2. The third-order valence-electron chi connectivity index (χ3n) is 5.95. The monoisotopic (exact) mass is 421 g/mol. The highest BCUT2D eigenvalue weighted by Crippen LogP contribution is 2.39. The van der Waals surface area contributed by atoms with Crippen molar-refractivity contribution in [1.29, 1.82) is 5.26 Å². The van der Waals surface area contributed by atoms with Crippen LogP contribution in [0.3, 0.4) is 0 Å². The minimum absolute atomic E-state index is 0.230. The van der Waals surface area contributed by atoms with E-state index in [1.54, 1.807) is 18.2 Å². The molecule has 1 aromatic heterocycles. The molecule has 3 heterocycles. The van der Waals surface area contributed by atoms with Crippen LogP contribution < -0.4 is 20.5 Å². The maximum Gasteiger partial charge on any atom is 0.258 e. The average molecular weight is 422 g/mol. The molecule has 2 aliphatic heterocycles. The maximum atomic E-state index is 13.2. The summed E-state index contributed by atoms with van der Waals surface area (Å²) in [5.41, 5.74) is 0.647. The van der Waals surface area contributed by atoms with Gasteiger partial charge in [-0.25, -0.2) is 0 Å². The van der Waals surface area contributed by atoms with Crippen molar-refractivity contribution in [2.45, 2.75) is 33.1 Å². The number of amides is 1. The second-order valence-electron chi connectivity index (χ2n) is 8.58. The van der Waals surface area contributed by atoms with Crippen molar-refractivity contribution in [3.63, 3.8) is 0 Å². The number of nitriles is 1. The standard InChI is InChI=1S/C23H27N5O3/c1-4-31-16-7-5-6-15(9-16)18-17(10-24)21(29)25-20-19(18)22(30)27-23(26-20)28-11-13(2)8-14(3)12-28/h5-7,9,13-14,17-18H,4,8,11-12H2,1-3H3,(H2,25,26,27,29,30). The van der Waals surface area contributed by atoms with Gasteiger partial charge in [-0.15, -0.1) is 0 Å². The minimum Gasteiger partial charge on any atom is -0.494 e. The Labute approximate surface area is 181 Å². The van der Waals surface area contributed by atoms with Crippen LogP contribution in [0.4, 0.5) is 11.8 Å². The van der Waals surface area contributed by atoms with E-state index in [0.717, 1.165) is 19.5 Å². The minimum atomic E-state index is -1.03. The van der Waals surface area contributed by atoms with Gasteiger partial charge in [0.15, 0.2) is 0 Å². The van der Waals surface area contributed by atoms with Crippen molar-refractivity contribution < 1.29 is 9.53 Å². The molecule has 1 amide bonds. The molecule has 4 rings (SSSR count). The van der Waals surface area contributed by atoms with Crippen LogP contribution >= 0.6 is 0 Å². The van der Waals surface area contributed by atoms with Gasteiger partial charge in [-0.05, 0) is 42.9 Å². The second-order valence-corrected chi connectivity index (χ2v) is 8.58. The molecule has 2 aliphatic rings. The molecular weight excluding hydrogens is 394 g/mol. The molecule has 1 fully saturated rings. The largest absolute Gasteiger partial charge is 0.494 e. The lowest BCUT2D eigenvalue weighted by atomic mass is 9.79. The first kappa shape index (κ1) is 20.9. The number of hydrogen-bond donors (Lipinski definition) is 2. The Kier molecular flexibility index (Phi) is 5.68. The highest BCUT2D eigenvalue weighted by Gasteiger charge is 2.40. The molecule has 0 spiro atoms. The molecule has 4 atom stereocenters. The first-order chi connectivity index (χ1) is 14.9. The number of nitrogens with zero attached hydrogens (tertiary/aromatic N) is 3. The fourth-order valence-corrected chi connectivity index (χ4v) is 4.81. The number of benzene rings is 1. The second kappa shape index (κ2) is 8.42. The number of H-pyrrole nitrogens is 1. The third-order valence-corrected chi connectivity index (χ3v) is 5.95. The molecule has 2 N–H and O–H groups in total. The third kappa shape index (κ3) is 4.00. The summed E-state index contributed by atoms with van der Waals surface area (Å²) < 4.78 is 5.58. The fourth-order valence-electron chi connectivity index (χ4n) is 4.81. The Morgan fingerprint density at radius 3 is 2.68 bits per heavy atom. The summed E-state index contributed by atoms with van der Waals surface area (Å²) in [5.74, 6) is 0.0700. The molecule has 0 aliphatic carbocycles. The van der Waals surface area contributed by atoms with Crippen LogP contribution in [0.5, 0.6) is 5.75 Å². The molecule has 0 bridgehead atoms. The Balaban J connectivity index is 1.80. The van der Waals surface area contributed by atoms with Crippen LogP contribution in [0.25, 0.3) is 0 Å².